The van der Waals surface area contributed by atoms with Gasteiger partial charge in [-0.2, -0.15) is 4.39 Å². The Bertz CT molecular complexity index is 1400. The van der Waals surface area contributed by atoms with Gasteiger partial charge in [-0.25, -0.2) is 14.4 Å². The second-order valence-electron chi connectivity index (χ2n) is 10.2. The first kappa shape index (κ1) is 23.6. The van der Waals surface area contributed by atoms with Crippen LogP contribution in [0.2, 0.25) is 0 Å². The Balaban J connectivity index is 1.27. The Morgan fingerprint density at radius 3 is 2.43 bits per heavy atom. The molecule has 37 heavy (non-hydrogen) atoms. The van der Waals surface area contributed by atoms with E-state index in [-0.39, 0.29) is 5.82 Å². The molecule has 6 nitrogen and oxygen atoms in total. The summed E-state index contributed by atoms with van der Waals surface area (Å²) >= 11 is 0. The number of amidine groups is 1. The minimum Gasteiger partial charge on any atom is -0.383 e. The zero-order valence-corrected chi connectivity index (χ0v) is 20.9. The van der Waals surface area contributed by atoms with E-state index in [9.17, 15) is 4.39 Å². The summed E-state index contributed by atoms with van der Waals surface area (Å²) in [6.07, 6.45) is 2.75. The van der Waals surface area contributed by atoms with Gasteiger partial charge in [-0.15, -0.1) is 0 Å². The maximum absolute atomic E-state index is 15.0. The van der Waals surface area contributed by atoms with Gasteiger partial charge in [-0.3, -0.25) is 4.90 Å². The van der Waals surface area contributed by atoms with Crippen molar-refractivity contribution in [3.05, 3.63) is 66.4 Å². The molecule has 0 bridgehead atoms. The van der Waals surface area contributed by atoms with E-state index in [2.05, 4.69) is 31.7 Å². The van der Waals surface area contributed by atoms with Gasteiger partial charge in [-0.05, 0) is 67.1 Å². The van der Waals surface area contributed by atoms with Crippen LogP contribution in [-0.2, 0) is 0 Å². The highest BCUT2D eigenvalue weighted by atomic mass is 19.1. The molecule has 8 heteroatoms. The number of nitrogens with two attached hydrogens (primary N) is 1. The molecule has 1 aromatic heterocycles. The number of pyridine rings is 1. The highest BCUT2D eigenvalue weighted by Crippen LogP contribution is 2.38. The molecule has 3 heterocycles. The van der Waals surface area contributed by atoms with Crippen LogP contribution in [0.25, 0.3) is 28.0 Å². The molecule has 0 unspecified atom stereocenters. The fraction of sp³-hybridized carbons (Fsp3) is 0.310. The fourth-order valence-electron chi connectivity index (χ4n) is 5.27. The number of nitrogens with zero attached hydrogens (tertiary/aromatic N) is 4. The van der Waals surface area contributed by atoms with Gasteiger partial charge >= 0.3 is 0 Å². The zero-order valence-electron chi connectivity index (χ0n) is 20.9. The van der Waals surface area contributed by atoms with E-state index in [0.29, 0.717) is 45.0 Å². The average molecular weight is 501 g/mol. The first-order chi connectivity index (χ1) is 17.9. The van der Waals surface area contributed by atoms with E-state index in [1.807, 2.05) is 24.3 Å². The topological polar surface area (TPSA) is 69.8 Å². The van der Waals surface area contributed by atoms with Crippen molar-refractivity contribution in [3.63, 3.8) is 0 Å². The summed E-state index contributed by atoms with van der Waals surface area (Å²) < 4.78 is 30.0. The molecule has 3 aliphatic rings. The van der Waals surface area contributed by atoms with Crippen LogP contribution in [0.15, 0.2) is 54.0 Å². The number of benzene rings is 2. The summed E-state index contributed by atoms with van der Waals surface area (Å²) in [6, 6.07) is 12.6. The Hall–Kier alpha value is -3.78. The van der Waals surface area contributed by atoms with Gasteiger partial charge < -0.3 is 16.0 Å². The lowest BCUT2D eigenvalue weighted by molar-refractivity contribution is 0.248. The number of hydrogen-bond donors (Lipinski definition) is 2. The molecular formula is C29H30F2N6. The van der Waals surface area contributed by atoms with Crippen molar-refractivity contribution < 1.29 is 8.78 Å². The molecule has 3 N–H and O–H groups in total. The second kappa shape index (κ2) is 9.27. The number of nitrogens with one attached hydrogen (secondary N) is 1. The SMILES string of the molecule is C=C1NC(C)=Nc2cc(-c3cc(-c4ccc(N5CCN(CC6CC6)CC5)cc4)c(F)nc3N)cc(F)c21. The highest BCUT2D eigenvalue weighted by molar-refractivity contribution is 5.97. The van der Waals surface area contributed by atoms with Gasteiger partial charge in [0.05, 0.1) is 11.3 Å². The Kier molecular flexibility index (Phi) is 5.91. The molecule has 2 fully saturated rings. The number of rotatable bonds is 5. The van der Waals surface area contributed by atoms with Gasteiger partial charge in [0.25, 0.3) is 0 Å². The predicted molar refractivity (Wildman–Crippen MR) is 146 cm³/mol. The molecule has 0 amide bonds. The van der Waals surface area contributed by atoms with E-state index in [1.54, 1.807) is 19.1 Å². The maximum atomic E-state index is 15.0. The predicted octanol–water partition coefficient (Wildman–Crippen LogP) is 5.43. The fourth-order valence-corrected chi connectivity index (χ4v) is 5.27. The normalized spacial score (nSPS) is 17.9. The quantitative estimate of drug-likeness (QED) is 0.457. The molecule has 6 rings (SSSR count). The zero-order chi connectivity index (χ0) is 25.7. The molecule has 3 aromatic rings. The first-order valence-corrected chi connectivity index (χ1v) is 12.7. The number of aromatic nitrogens is 1. The number of halogens is 2. The van der Waals surface area contributed by atoms with Crippen molar-refractivity contribution in [2.24, 2.45) is 10.9 Å². The van der Waals surface area contributed by atoms with Crippen molar-refractivity contribution in [1.82, 2.24) is 15.2 Å². The van der Waals surface area contributed by atoms with E-state index < -0.39 is 11.8 Å². The van der Waals surface area contributed by atoms with Crippen LogP contribution < -0.4 is 16.0 Å². The monoisotopic (exact) mass is 500 g/mol. The standard InChI is InChI=1S/C29H30F2N6/c1-17-27-25(30)13-21(14-26(27)34-18(2)33-17)24-15-23(28(31)35-29(24)32)20-5-7-22(8-6-20)37-11-9-36(10-12-37)16-19-3-4-19/h5-8,13-15,19H,1,3-4,9-12,16H2,2H3,(H2,32,35)(H,33,34). The van der Waals surface area contributed by atoms with Crippen LogP contribution in [0.3, 0.4) is 0 Å². The van der Waals surface area contributed by atoms with E-state index >= 15 is 4.39 Å². The summed E-state index contributed by atoms with van der Waals surface area (Å²) in [5.74, 6) is 0.380. The lowest BCUT2D eigenvalue weighted by Gasteiger charge is -2.36. The average Bonchev–Trinajstić information content (AvgIpc) is 3.68. The van der Waals surface area contributed by atoms with Crippen molar-refractivity contribution in [2.45, 2.75) is 19.8 Å². The largest absolute Gasteiger partial charge is 0.383 e. The molecular weight excluding hydrogens is 470 g/mol. The van der Waals surface area contributed by atoms with Gasteiger partial charge in [0.1, 0.15) is 17.5 Å². The van der Waals surface area contributed by atoms with Crippen LogP contribution >= 0.6 is 0 Å². The van der Waals surface area contributed by atoms with Gasteiger partial charge in [-0.1, -0.05) is 18.7 Å². The molecule has 1 saturated carbocycles. The van der Waals surface area contributed by atoms with Crippen LogP contribution in [0.1, 0.15) is 25.3 Å². The molecule has 1 aliphatic carbocycles. The number of aliphatic imine (C=N–C) groups is 1. The van der Waals surface area contributed by atoms with Gasteiger partial charge in [0.2, 0.25) is 5.95 Å². The Morgan fingerprint density at radius 1 is 1.00 bits per heavy atom. The summed E-state index contributed by atoms with van der Waals surface area (Å²) in [4.78, 5) is 13.3. The molecule has 0 spiro atoms. The van der Waals surface area contributed by atoms with E-state index in [4.69, 9.17) is 5.73 Å². The highest BCUT2D eigenvalue weighted by Gasteiger charge is 2.26. The summed E-state index contributed by atoms with van der Waals surface area (Å²) in [7, 11) is 0. The van der Waals surface area contributed by atoms with Crippen molar-refractivity contribution in [1.29, 1.82) is 0 Å². The van der Waals surface area contributed by atoms with Gasteiger partial charge in [0.15, 0.2) is 0 Å². The molecule has 1 saturated heterocycles. The summed E-state index contributed by atoms with van der Waals surface area (Å²) in [6.45, 7) is 11.0. The molecule has 0 atom stereocenters. The lowest BCUT2D eigenvalue weighted by atomic mass is 9.97. The number of anilines is 2. The van der Waals surface area contributed by atoms with E-state index in [0.717, 1.165) is 37.8 Å². The van der Waals surface area contributed by atoms with Gasteiger partial charge in [0, 0.05) is 55.2 Å². The third kappa shape index (κ3) is 4.69. The Labute approximate surface area is 215 Å². The first-order valence-electron chi connectivity index (χ1n) is 12.7. The number of piperazine rings is 1. The number of nitrogen functional groups attached to an aromatic ring is 1. The van der Waals surface area contributed by atoms with Crippen LogP contribution in [0.4, 0.5) is 26.0 Å². The molecule has 190 valence electrons. The molecule has 2 aromatic carbocycles. The minimum absolute atomic E-state index is 0.00486. The third-order valence-corrected chi connectivity index (χ3v) is 7.44. The summed E-state index contributed by atoms with van der Waals surface area (Å²) in [5.41, 5.74) is 10.4. The summed E-state index contributed by atoms with van der Waals surface area (Å²) in [5, 5.41) is 2.95. The van der Waals surface area contributed by atoms with Crippen LogP contribution in [0, 0.1) is 17.7 Å². The Morgan fingerprint density at radius 2 is 1.73 bits per heavy atom. The molecule has 2 aliphatic heterocycles. The number of hydrogen-bond acceptors (Lipinski definition) is 6. The second-order valence-corrected chi connectivity index (χ2v) is 10.2. The van der Waals surface area contributed by atoms with Crippen LogP contribution in [-0.4, -0.2) is 48.4 Å². The third-order valence-electron chi connectivity index (χ3n) is 7.44. The lowest BCUT2D eigenvalue weighted by Crippen LogP contribution is -2.47. The van der Waals surface area contributed by atoms with Crippen molar-refractivity contribution in [3.8, 4) is 22.3 Å². The van der Waals surface area contributed by atoms with E-state index in [1.165, 1.54) is 25.5 Å². The van der Waals surface area contributed by atoms with Crippen molar-refractivity contribution in [2.75, 3.05) is 43.4 Å². The van der Waals surface area contributed by atoms with Crippen LogP contribution in [0.5, 0.6) is 0 Å². The maximum Gasteiger partial charge on any atom is 0.222 e. The number of fused-ring (bicyclic) bond motifs is 1. The smallest absolute Gasteiger partial charge is 0.222 e. The van der Waals surface area contributed by atoms with Crippen molar-refractivity contribution >= 4 is 28.7 Å². The minimum atomic E-state index is -0.660. The molecule has 0 radical (unpaired) electrons.